The quantitative estimate of drug-likeness (QED) is 0.898. The number of carbonyl (C=O) groups is 1. The normalized spacial score (nSPS) is 16.3. The molecule has 19 heavy (non-hydrogen) atoms. The summed E-state index contributed by atoms with van der Waals surface area (Å²) in [5, 5.41) is 2.93. The Hall–Kier alpha value is -1.72. The number of halogens is 1. The van der Waals surface area contributed by atoms with Crippen molar-refractivity contribution in [1.82, 2.24) is 9.97 Å². The van der Waals surface area contributed by atoms with E-state index in [9.17, 15) is 4.79 Å². The molecular weight excluding hydrogens is 264 g/mol. The summed E-state index contributed by atoms with van der Waals surface area (Å²) < 4.78 is 0. The summed E-state index contributed by atoms with van der Waals surface area (Å²) in [5.74, 6) is 0.173. The predicted molar refractivity (Wildman–Crippen MR) is 73.9 cm³/mol. The summed E-state index contributed by atoms with van der Waals surface area (Å²) in [7, 11) is 0. The molecule has 1 heterocycles. The van der Waals surface area contributed by atoms with E-state index < -0.39 is 5.41 Å². The lowest BCUT2D eigenvalue weighted by atomic mass is 10.1. The third kappa shape index (κ3) is 2.15. The lowest BCUT2D eigenvalue weighted by Crippen LogP contribution is -2.31. The zero-order valence-electron chi connectivity index (χ0n) is 10.2. The molecule has 98 valence electrons. The van der Waals surface area contributed by atoms with Crippen molar-refractivity contribution >= 4 is 34.4 Å². The minimum absolute atomic E-state index is 0.124. The van der Waals surface area contributed by atoms with E-state index in [1.165, 1.54) is 0 Å². The van der Waals surface area contributed by atoms with Crippen LogP contribution < -0.4 is 11.1 Å². The number of fused-ring (bicyclic) bond motifs is 1. The van der Waals surface area contributed by atoms with Crippen LogP contribution in [-0.4, -0.2) is 22.4 Å². The van der Waals surface area contributed by atoms with Gasteiger partial charge in [-0.1, -0.05) is 23.7 Å². The highest BCUT2D eigenvalue weighted by Gasteiger charge is 2.48. The molecule has 1 aromatic carbocycles. The topological polar surface area (TPSA) is 80.9 Å². The Labute approximate surface area is 115 Å². The number of aromatic nitrogens is 2. The van der Waals surface area contributed by atoms with Gasteiger partial charge in [0.2, 0.25) is 5.91 Å². The van der Waals surface area contributed by atoms with Crippen molar-refractivity contribution < 1.29 is 4.79 Å². The van der Waals surface area contributed by atoms with Gasteiger partial charge in [-0.05, 0) is 25.0 Å². The molecule has 6 heteroatoms. The van der Waals surface area contributed by atoms with Crippen LogP contribution in [0.1, 0.15) is 12.8 Å². The molecule has 1 aromatic heterocycles. The first-order chi connectivity index (χ1) is 9.14. The second-order valence-corrected chi connectivity index (χ2v) is 5.15. The highest BCUT2D eigenvalue weighted by molar-refractivity contribution is 6.32. The van der Waals surface area contributed by atoms with Crippen molar-refractivity contribution in [3.05, 3.63) is 29.4 Å². The van der Waals surface area contributed by atoms with E-state index in [-0.39, 0.29) is 11.1 Å². The molecule has 1 fully saturated rings. The maximum atomic E-state index is 12.1. The summed E-state index contributed by atoms with van der Waals surface area (Å²) >= 11 is 6.04. The molecule has 1 saturated carbocycles. The lowest BCUT2D eigenvalue weighted by molar-refractivity contribution is -0.120. The Kier molecular flexibility index (Phi) is 2.88. The molecule has 0 bridgehead atoms. The summed E-state index contributed by atoms with van der Waals surface area (Å²) in [6.07, 6.45) is 1.63. The summed E-state index contributed by atoms with van der Waals surface area (Å²) in [5.41, 5.74) is 6.58. The molecule has 1 aliphatic carbocycles. The van der Waals surface area contributed by atoms with Crippen molar-refractivity contribution in [2.75, 3.05) is 11.9 Å². The number of nitrogens with one attached hydrogen (secondary N) is 1. The van der Waals surface area contributed by atoms with Crippen molar-refractivity contribution in [3.63, 3.8) is 0 Å². The average Bonchev–Trinajstić information content (AvgIpc) is 3.20. The molecule has 0 radical (unpaired) electrons. The van der Waals surface area contributed by atoms with E-state index in [0.717, 1.165) is 12.8 Å². The molecule has 0 atom stereocenters. The number of hydrogen-bond acceptors (Lipinski definition) is 4. The van der Waals surface area contributed by atoms with Crippen LogP contribution in [0, 0.1) is 5.41 Å². The van der Waals surface area contributed by atoms with E-state index in [1.54, 1.807) is 0 Å². The molecule has 3 rings (SSSR count). The number of carbonyl (C=O) groups excluding carboxylic acids is 1. The van der Waals surface area contributed by atoms with Gasteiger partial charge < -0.3 is 11.1 Å². The van der Waals surface area contributed by atoms with Crippen molar-refractivity contribution in [2.45, 2.75) is 12.8 Å². The maximum absolute atomic E-state index is 12.1. The SMILES string of the molecule is NCC1(C(=O)Nc2nc3ccccc3nc2Cl)CC1. The highest BCUT2D eigenvalue weighted by Crippen LogP contribution is 2.45. The van der Waals surface area contributed by atoms with Gasteiger partial charge in [0, 0.05) is 6.54 Å². The van der Waals surface area contributed by atoms with Crippen LogP contribution in [0.3, 0.4) is 0 Å². The van der Waals surface area contributed by atoms with Gasteiger partial charge in [0.25, 0.3) is 0 Å². The molecule has 0 unspecified atom stereocenters. The summed E-state index contributed by atoms with van der Waals surface area (Å²) in [6.45, 7) is 0.345. The van der Waals surface area contributed by atoms with Crippen molar-refractivity contribution in [1.29, 1.82) is 0 Å². The fourth-order valence-corrected chi connectivity index (χ4v) is 2.15. The number of benzene rings is 1. The van der Waals surface area contributed by atoms with Crippen molar-refractivity contribution in [2.24, 2.45) is 11.1 Å². The van der Waals surface area contributed by atoms with Gasteiger partial charge in [-0.15, -0.1) is 0 Å². The number of nitrogens with zero attached hydrogens (tertiary/aromatic N) is 2. The Morgan fingerprint density at radius 1 is 1.32 bits per heavy atom. The van der Waals surface area contributed by atoms with Crippen LogP contribution in [0.2, 0.25) is 5.15 Å². The summed E-state index contributed by atoms with van der Waals surface area (Å²) in [6, 6.07) is 7.37. The molecule has 2 aromatic rings. The zero-order chi connectivity index (χ0) is 13.5. The van der Waals surface area contributed by atoms with Gasteiger partial charge in [0.1, 0.15) is 0 Å². The van der Waals surface area contributed by atoms with Gasteiger partial charge >= 0.3 is 0 Å². The van der Waals surface area contributed by atoms with Gasteiger partial charge in [0.15, 0.2) is 11.0 Å². The minimum atomic E-state index is -0.434. The van der Waals surface area contributed by atoms with Crippen LogP contribution in [0.5, 0.6) is 0 Å². The molecular formula is C13H13ClN4O. The van der Waals surface area contributed by atoms with Gasteiger partial charge in [-0.2, -0.15) is 0 Å². The van der Waals surface area contributed by atoms with Crippen LogP contribution in [0.4, 0.5) is 5.82 Å². The van der Waals surface area contributed by atoms with E-state index in [0.29, 0.717) is 23.4 Å². The fraction of sp³-hybridized carbons (Fsp3) is 0.308. The lowest BCUT2D eigenvalue weighted by Gasteiger charge is -2.13. The third-order valence-corrected chi connectivity index (χ3v) is 3.75. The Balaban J connectivity index is 1.92. The Bertz CT molecular complexity index is 654. The number of anilines is 1. The van der Waals surface area contributed by atoms with Gasteiger partial charge in [-0.3, -0.25) is 4.79 Å². The number of amides is 1. The first-order valence-electron chi connectivity index (χ1n) is 6.08. The predicted octanol–water partition coefficient (Wildman–Crippen LogP) is 1.96. The number of para-hydroxylation sites is 2. The standard InChI is InChI=1S/C13H13ClN4O/c14-10-11(18-12(19)13(7-15)5-6-13)17-9-4-2-1-3-8(9)16-10/h1-4H,5-7,15H2,(H,17,18,19). The fourth-order valence-electron chi connectivity index (χ4n) is 1.97. The Morgan fingerprint density at radius 3 is 2.53 bits per heavy atom. The third-order valence-electron chi connectivity index (χ3n) is 3.49. The average molecular weight is 277 g/mol. The van der Waals surface area contributed by atoms with E-state index in [4.69, 9.17) is 17.3 Å². The second kappa shape index (κ2) is 4.43. The largest absolute Gasteiger partial charge is 0.329 e. The van der Waals surface area contributed by atoms with E-state index in [2.05, 4.69) is 15.3 Å². The molecule has 0 spiro atoms. The molecule has 1 amide bonds. The molecule has 0 saturated heterocycles. The van der Waals surface area contributed by atoms with Crippen molar-refractivity contribution in [3.8, 4) is 0 Å². The van der Waals surface area contributed by atoms with E-state index in [1.807, 2.05) is 24.3 Å². The first kappa shape index (κ1) is 12.3. The Morgan fingerprint density at radius 2 is 1.95 bits per heavy atom. The van der Waals surface area contributed by atoms with E-state index >= 15 is 0 Å². The van der Waals surface area contributed by atoms with Crippen LogP contribution in [0.15, 0.2) is 24.3 Å². The zero-order valence-corrected chi connectivity index (χ0v) is 10.9. The second-order valence-electron chi connectivity index (χ2n) is 4.79. The van der Waals surface area contributed by atoms with Gasteiger partial charge in [0.05, 0.1) is 16.4 Å². The maximum Gasteiger partial charge on any atom is 0.233 e. The van der Waals surface area contributed by atoms with Crippen LogP contribution in [-0.2, 0) is 4.79 Å². The highest BCUT2D eigenvalue weighted by atomic mass is 35.5. The molecule has 5 nitrogen and oxygen atoms in total. The van der Waals surface area contributed by atoms with Gasteiger partial charge in [-0.25, -0.2) is 9.97 Å². The number of hydrogen-bond donors (Lipinski definition) is 2. The summed E-state index contributed by atoms with van der Waals surface area (Å²) in [4.78, 5) is 20.6. The van der Waals surface area contributed by atoms with Crippen LogP contribution in [0.25, 0.3) is 11.0 Å². The number of nitrogens with two attached hydrogens (primary N) is 1. The number of rotatable bonds is 3. The minimum Gasteiger partial charge on any atom is -0.329 e. The smallest absolute Gasteiger partial charge is 0.233 e. The monoisotopic (exact) mass is 276 g/mol. The molecule has 0 aliphatic heterocycles. The molecule has 3 N–H and O–H groups in total. The molecule has 1 aliphatic rings. The first-order valence-corrected chi connectivity index (χ1v) is 6.46. The van der Waals surface area contributed by atoms with Crippen LogP contribution >= 0.6 is 11.6 Å².